The van der Waals surface area contributed by atoms with Crippen LogP contribution < -0.4 is 10.1 Å². The van der Waals surface area contributed by atoms with Gasteiger partial charge in [0.1, 0.15) is 0 Å². The quantitative estimate of drug-likeness (QED) is 0.691. The summed E-state index contributed by atoms with van der Waals surface area (Å²) in [6.45, 7) is 2.08. The second kappa shape index (κ2) is 11.2. The Bertz CT molecular complexity index is 901. The van der Waals surface area contributed by atoms with E-state index in [1.54, 1.807) is 42.5 Å². The highest BCUT2D eigenvalue weighted by Gasteiger charge is 2.14. The molecule has 1 saturated carbocycles. The van der Waals surface area contributed by atoms with Crippen LogP contribution in [0.25, 0.3) is 0 Å². The van der Waals surface area contributed by atoms with Gasteiger partial charge in [0.25, 0.3) is 0 Å². The fourth-order valence-electron chi connectivity index (χ4n) is 3.35. The van der Waals surface area contributed by atoms with Gasteiger partial charge in [0.05, 0.1) is 24.6 Å². The third-order valence-electron chi connectivity index (χ3n) is 4.88. The van der Waals surface area contributed by atoms with E-state index < -0.39 is 5.97 Å². The fraction of sp³-hybridized carbons (Fsp3) is 0.476. The van der Waals surface area contributed by atoms with Gasteiger partial charge in [0.15, 0.2) is 4.80 Å². The molecule has 6 nitrogen and oxygen atoms in total. The minimum atomic E-state index is -0.392. The summed E-state index contributed by atoms with van der Waals surface area (Å²) in [6, 6.07) is 7.20. The summed E-state index contributed by atoms with van der Waals surface area (Å²) in [5, 5.41) is 4.86. The first-order chi connectivity index (χ1) is 13.6. The van der Waals surface area contributed by atoms with Gasteiger partial charge in [-0.25, -0.2) is 4.79 Å². The van der Waals surface area contributed by atoms with Crippen molar-refractivity contribution in [2.75, 3.05) is 11.9 Å². The molecule has 1 amide bonds. The average Bonchev–Trinajstić information content (AvgIpc) is 3.02. The number of amides is 1. The molecule has 0 spiro atoms. The first-order valence-electron chi connectivity index (χ1n) is 9.81. The van der Waals surface area contributed by atoms with Gasteiger partial charge in [0, 0.05) is 23.8 Å². The lowest BCUT2D eigenvalue weighted by Gasteiger charge is -2.16. The van der Waals surface area contributed by atoms with Crippen molar-refractivity contribution >= 4 is 41.3 Å². The summed E-state index contributed by atoms with van der Waals surface area (Å²) in [4.78, 5) is 30.2. The van der Waals surface area contributed by atoms with Gasteiger partial charge in [-0.15, -0.1) is 23.7 Å². The van der Waals surface area contributed by atoms with E-state index in [0.717, 1.165) is 23.3 Å². The van der Waals surface area contributed by atoms with Crippen molar-refractivity contribution < 1.29 is 14.3 Å². The molecule has 0 bridgehead atoms. The molecule has 0 aliphatic heterocycles. The monoisotopic (exact) mass is 437 g/mol. The number of nitrogens with zero attached hydrogens (tertiary/aromatic N) is 2. The molecule has 1 aliphatic carbocycles. The molecule has 1 aromatic heterocycles. The van der Waals surface area contributed by atoms with E-state index in [0.29, 0.717) is 23.9 Å². The number of thiazole rings is 1. The molecular weight excluding hydrogens is 410 g/mol. The number of rotatable bonds is 6. The van der Waals surface area contributed by atoms with E-state index in [2.05, 4.69) is 5.32 Å². The van der Waals surface area contributed by atoms with Gasteiger partial charge >= 0.3 is 5.97 Å². The van der Waals surface area contributed by atoms with Gasteiger partial charge in [-0.3, -0.25) is 9.79 Å². The van der Waals surface area contributed by atoms with Crippen LogP contribution in [0.5, 0.6) is 0 Å². The fourth-order valence-corrected chi connectivity index (χ4v) is 4.32. The van der Waals surface area contributed by atoms with Crippen LogP contribution in [0, 0.1) is 0 Å². The molecule has 0 unspecified atom stereocenters. The van der Waals surface area contributed by atoms with E-state index >= 15 is 0 Å². The van der Waals surface area contributed by atoms with Crippen LogP contribution in [-0.2, 0) is 23.0 Å². The standard InChI is InChI=1S/C21H27N3O3S.ClH/c1-3-27-20(26)15-8-7-11-17(12-15)22-19(25)13-18-14-28-21(24(18)2)23-16-9-5-4-6-10-16;/h7-8,11-12,14,16H,3-6,9-10,13H2,1-2H3,(H,22,25);1H. The molecule has 1 N–H and O–H groups in total. The zero-order chi connectivity index (χ0) is 19.9. The first-order valence-corrected chi connectivity index (χ1v) is 10.7. The van der Waals surface area contributed by atoms with Crippen LogP contribution in [-0.4, -0.2) is 29.1 Å². The minimum absolute atomic E-state index is 0. The van der Waals surface area contributed by atoms with E-state index in [1.807, 2.05) is 17.0 Å². The van der Waals surface area contributed by atoms with Gasteiger partial charge in [0.2, 0.25) is 5.91 Å². The number of nitrogens with one attached hydrogen (secondary N) is 1. The molecule has 2 aromatic rings. The number of hydrogen-bond acceptors (Lipinski definition) is 5. The molecular formula is C21H28ClN3O3S. The summed E-state index contributed by atoms with van der Waals surface area (Å²) >= 11 is 1.59. The van der Waals surface area contributed by atoms with Crippen LogP contribution >= 0.6 is 23.7 Å². The Morgan fingerprint density at radius 3 is 2.76 bits per heavy atom. The minimum Gasteiger partial charge on any atom is -0.462 e. The number of anilines is 1. The molecule has 1 fully saturated rings. The van der Waals surface area contributed by atoms with E-state index in [9.17, 15) is 9.59 Å². The highest BCUT2D eigenvalue weighted by molar-refractivity contribution is 7.07. The van der Waals surface area contributed by atoms with E-state index in [-0.39, 0.29) is 24.7 Å². The second-order valence-electron chi connectivity index (χ2n) is 7.02. The third-order valence-corrected chi connectivity index (χ3v) is 5.86. The van der Waals surface area contributed by atoms with Crippen LogP contribution in [0.2, 0.25) is 0 Å². The predicted molar refractivity (Wildman–Crippen MR) is 118 cm³/mol. The number of carbonyl (C=O) groups is 2. The van der Waals surface area contributed by atoms with Crippen molar-refractivity contribution in [3.8, 4) is 0 Å². The van der Waals surface area contributed by atoms with Gasteiger partial charge in [-0.2, -0.15) is 0 Å². The molecule has 0 saturated heterocycles. The number of halogens is 1. The number of benzene rings is 1. The topological polar surface area (TPSA) is 72.7 Å². The predicted octanol–water partition coefficient (Wildman–Crippen LogP) is 4.10. The van der Waals surface area contributed by atoms with E-state index in [4.69, 9.17) is 9.73 Å². The maximum atomic E-state index is 12.5. The third kappa shape index (κ3) is 6.44. The SMILES string of the molecule is CCOC(=O)c1cccc(NC(=O)Cc2csc(=NC3CCCCC3)n2C)c1.Cl. The molecule has 1 aliphatic rings. The zero-order valence-electron chi connectivity index (χ0n) is 16.8. The van der Waals surface area contributed by atoms with Gasteiger partial charge in [-0.1, -0.05) is 25.3 Å². The Hall–Kier alpha value is -2.12. The Morgan fingerprint density at radius 2 is 2.03 bits per heavy atom. The molecule has 0 radical (unpaired) electrons. The number of carbonyl (C=O) groups excluding carboxylic acids is 2. The summed E-state index contributed by atoms with van der Waals surface area (Å²) in [6.07, 6.45) is 6.39. The lowest BCUT2D eigenvalue weighted by atomic mass is 9.96. The summed E-state index contributed by atoms with van der Waals surface area (Å²) in [5.41, 5.74) is 1.94. The van der Waals surface area contributed by atoms with Crippen LogP contribution in [0.4, 0.5) is 5.69 Å². The molecule has 158 valence electrons. The number of aromatic nitrogens is 1. The molecule has 8 heteroatoms. The molecule has 29 heavy (non-hydrogen) atoms. The van der Waals surface area contributed by atoms with Crippen molar-refractivity contribution in [1.29, 1.82) is 0 Å². The molecule has 3 rings (SSSR count). The van der Waals surface area contributed by atoms with Crippen molar-refractivity contribution in [3.63, 3.8) is 0 Å². The molecule has 1 heterocycles. The molecule has 1 aromatic carbocycles. The second-order valence-corrected chi connectivity index (χ2v) is 7.85. The summed E-state index contributed by atoms with van der Waals surface area (Å²) in [5.74, 6) is -0.518. The van der Waals surface area contributed by atoms with Crippen LogP contribution in [0.15, 0.2) is 34.6 Å². The first kappa shape index (κ1) is 23.2. The lowest BCUT2D eigenvalue weighted by molar-refractivity contribution is -0.115. The van der Waals surface area contributed by atoms with Crippen molar-refractivity contribution in [3.05, 3.63) is 45.7 Å². The maximum Gasteiger partial charge on any atom is 0.338 e. The average molecular weight is 438 g/mol. The van der Waals surface area contributed by atoms with Crippen LogP contribution in [0.3, 0.4) is 0 Å². The lowest BCUT2D eigenvalue weighted by Crippen LogP contribution is -2.22. The smallest absolute Gasteiger partial charge is 0.338 e. The van der Waals surface area contributed by atoms with E-state index in [1.165, 1.54) is 19.3 Å². The highest BCUT2D eigenvalue weighted by atomic mass is 35.5. The number of ether oxygens (including phenoxy) is 1. The number of hydrogen-bond donors (Lipinski definition) is 1. The Kier molecular flexibility index (Phi) is 8.92. The van der Waals surface area contributed by atoms with Crippen molar-refractivity contribution in [2.45, 2.75) is 51.5 Å². The van der Waals surface area contributed by atoms with Crippen LogP contribution in [0.1, 0.15) is 55.1 Å². The van der Waals surface area contributed by atoms with Gasteiger partial charge in [-0.05, 0) is 38.0 Å². The van der Waals surface area contributed by atoms with Gasteiger partial charge < -0.3 is 14.6 Å². The molecule has 0 atom stereocenters. The normalized spacial score (nSPS) is 14.9. The number of esters is 1. The summed E-state index contributed by atoms with van der Waals surface area (Å²) in [7, 11) is 1.96. The largest absolute Gasteiger partial charge is 0.462 e. The Labute approximate surface area is 181 Å². The Balaban J connectivity index is 0.00000300. The van der Waals surface area contributed by atoms with Crippen molar-refractivity contribution in [1.82, 2.24) is 4.57 Å². The Morgan fingerprint density at radius 1 is 1.28 bits per heavy atom. The summed E-state index contributed by atoms with van der Waals surface area (Å²) < 4.78 is 7.01. The maximum absolute atomic E-state index is 12.5. The highest BCUT2D eigenvalue weighted by Crippen LogP contribution is 2.20. The van der Waals surface area contributed by atoms with Crippen molar-refractivity contribution in [2.24, 2.45) is 12.0 Å². The zero-order valence-corrected chi connectivity index (χ0v) is 18.5.